The Balaban J connectivity index is 2.16. The normalized spacial score (nSPS) is 33.7. The van der Waals surface area contributed by atoms with Gasteiger partial charge in [0.15, 0.2) is 0 Å². The van der Waals surface area contributed by atoms with Crippen LogP contribution >= 0.6 is 34.8 Å². The number of halogens is 3. The van der Waals surface area contributed by atoms with Crippen molar-refractivity contribution < 1.29 is 9.47 Å². The van der Waals surface area contributed by atoms with Crippen LogP contribution < -0.4 is 0 Å². The van der Waals surface area contributed by atoms with Gasteiger partial charge in [0.05, 0.1) is 0 Å². The summed E-state index contributed by atoms with van der Waals surface area (Å²) >= 11 is 16.9. The minimum absolute atomic E-state index is 0.0100. The van der Waals surface area contributed by atoms with Crippen LogP contribution in [0.3, 0.4) is 0 Å². The van der Waals surface area contributed by atoms with Crippen molar-refractivity contribution in [1.29, 1.82) is 5.41 Å². The summed E-state index contributed by atoms with van der Waals surface area (Å²) in [4.78, 5) is 0. The molecule has 2 unspecified atom stereocenters. The van der Waals surface area contributed by atoms with E-state index in [1.807, 2.05) is 13.8 Å². The molecule has 0 spiro atoms. The summed E-state index contributed by atoms with van der Waals surface area (Å²) in [5.74, 6) is 0.360. The summed E-state index contributed by atoms with van der Waals surface area (Å²) in [5.41, 5.74) is 0. The van der Waals surface area contributed by atoms with Crippen LogP contribution in [0.25, 0.3) is 0 Å². The minimum Gasteiger partial charge on any atom is -0.448 e. The summed E-state index contributed by atoms with van der Waals surface area (Å²) in [6.45, 7) is 6.07. The van der Waals surface area contributed by atoms with Crippen molar-refractivity contribution in [3.05, 3.63) is 5.82 Å². The summed E-state index contributed by atoms with van der Waals surface area (Å²) in [6, 6.07) is 0. The maximum absolute atomic E-state index is 7.68. The average molecular weight is 357 g/mol. The zero-order valence-electron chi connectivity index (χ0n) is 11.7. The quantitative estimate of drug-likeness (QED) is 0.482. The van der Waals surface area contributed by atoms with Crippen LogP contribution in [-0.2, 0) is 9.47 Å². The van der Waals surface area contributed by atoms with Gasteiger partial charge in [-0.3, -0.25) is 5.41 Å². The van der Waals surface area contributed by atoms with E-state index < -0.39 is 22.1 Å². The van der Waals surface area contributed by atoms with Crippen molar-refractivity contribution in [2.45, 2.75) is 37.0 Å². The van der Waals surface area contributed by atoms with Crippen molar-refractivity contribution >= 4 is 40.7 Å². The summed E-state index contributed by atoms with van der Waals surface area (Å²) in [5, 5.41) is 21.5. The Hall–Kier alpha value is -0.630. The number of alkyl halides is 3. The molecule has 0 saturated carbocycles. The lowest BCUT2D eigenvalue weighted by Crippen LogP contribution is -2.44. The second kappa shape index (κ2) is 6.24. The molecule has 0 aromatic carbocycles. The van der Waals surface area contributed by atoms with E-state index in [1.165, 1.54) is 0 Å². The first-order valence-electron chi connectivity index (χ1n) is 6.43. The molecule has 10 heteroatoms. The Morgan fingerprint density at radius 1 is 1.24 bits per heavy atom. The Labute approximate surface area is 137 Å². The van der Waals surface area contributed by atoms with E-state index in [2.05, 4.69) is 27.5 Å². The van der Waals surface area contributed by atoms with Gasteiger partial charge in [0.25, 0.3) is 3.79 Å². The predicted octanol–water partition coefficient (Wildman–Crippen LogP) is 2.87. The molecule has 0 aliphatic carbocycles. The third kappa shape index (κ3) is 3.59. The van der Waals surface area contributed by atoms with E-state index in [0.717, 1.165) is 0 Å². The third-order valence-electron chi connectivity index (χ3n) is 3.95. The van der Waals surface area contributed by atoms with Crippen LogP contribution in [0.1, 0.15) is 32.7 Å². The van der Waals surface area contributed by atoms with Gasteiger partial charge < -0.3 is 9.47 Å². The lowest BCUT2D eigenvalue weighted by molar-refractivity contribution is -0.222. The second-order valence-corrected chi connectivity index (χ2v) is 7.50. The monoisotopic (exact) mass is 355 g/mol. The largest absolute Gasteiger partial charge is 0.448 e. The van der Waals surface area contributed by atoms with E-state index >= 15 is 0 Å². The van der Waals surface area contributed by atoms with Crippen LogP contribution in [0.2, 0.25) is 0 Å². The highest BCUT2D eigenvalue weighted by molar-refractivity contribution is 6.76. The molecule has 118 valence electrons. The number of hydrogen-bond donors (Lipinski definition) is 2. The molecule has 0 bridgehead atoms. The fraction of sp³-hybridized carbons (Fsp3) is 0.818. The maximum Gasteiger partial charge on any atom is 0.265 e. The molecule has 7 nitrogen and oxygen atoms in total. The van der Waals surface area contributed by atoms with Gasteiger partial charge in [-0.25, -0.2) is 0 Å². The van der Waals surface area contributed by atoms with E-state index in [1.54, 1.807) is 0 Å². The third-order valence-corrected chi connectivity index (χ3v) is 4.47. The fourth-order valence-corrected chi connectivity index (χ4v) is 2.43. The molecule has 1 aromatic rings. The van der Waals surface area contributed by atoms with E-state index in [0.29, 0.717) is 5.82 Å². The van der Waals surface area contributed by atoms with Gasteiger partial charge in [0, 0.05) is 5.92 Å². The molecule has 5 atom stereocenters. The number of nitrogens with zero attached hydrogens (tertiary/aromatic N) is 3. The van der Waals surface area contributed by atoms with Crippen LogP contribution in [-0.4, -0.2) is 36.6 Å². The molecule has 1 aliphatic heterocycles. The number of aromatic nitrogens is 4. The number of tetrazole rings is 1. The molecular formula is C11H16Cl3N5O2. The van der Waals surface area contributed by atoms with Gasteiger partial charge in [-0.05, 0) is 11.8 Å². The molecule has 0 radical (unpaired) electrons. The second-order valence-electron chi connectivity index (χ2n) is 5.22. The fourth-order valence-electron chi connectivity index (χ4n) is 2.30. The number of nitrogens with one attached hydrogen (secondary N) is 2. The zero-order valence-corrected chi connectivity index (χ0v) is 13.9. The molecule has 2 rings (SSSR count). The van der Waals surface area contributed by atoms with Crippen molar-refractivity contribution in [2.24, 2.45) is 17.8 Å². The Morgan fingerprint density at radius 3 is 2.43 bits per heavy atom. The van der Waals surface area contributed by atoms with Crippen molar-refractivity contribution in [3.63, 3.8) is 0 Å². The van der Waals surface area contributed by atoms with E-state index in [-0.39, 0.29) is 17.8 Å². The highest BCUT2D eigenvalue weighted by Gasteiger charge is 2.44. The van der Waals surface area contributed by atoms with Crippen LogP contribution in [0, 0.1) is 23.2 Å². The minimum atomic E-state index is -1.92. The predicted molar refractivity (Wildman–Crippen MR) is 78.4 cm³/mol. The van der Waals surface area contributed by atoms with Crippen molar-refractivity contribution in [3.8, 4) is 0 Å². The molecule has 0 amide bonds. The topological polar surface area (TPSA) is 96.8 Å². The Kier molecular flexibility index (Phi) is 4.97. The number of H-pyrrole nitrogens is 1. The van der Waals surface area contributed by atoms with Gasteiger partial charge in [0.1, 0.15) is 6.10 Å². The van der Waals surface area contributed by atoms with Gasteiger partial charge in [-0.2, -0.15) is 5.21 Å². The van der Waals surface area contributed by atoms with Gasteiger partial charge in [-0.1, -0.05) is 60.8 Å². The maximum atomic E-state index is 7.68. The van der Waals surface area contributed by atoms with Crippen LogP contribution in [0.4, 0.5) is 0 Å². The summed E-state index contributed by atoms with van der Waals surface area (Å²) in [7, 11) is 0. The molecule has 1 fully saturated rings. The van der Waals surface area contributed by atoms with Crippen molar-refractivity contribution in [2.75, 3.05) is 0 Å². The summed E-state index contributed by atoms with van der Waals surface area (Å²) in [6.07, 6.45) is -1.12. The number of hydrogen-bond acceptors (Lipinski definition) is 6. The molecule has 21 heavy (non-hydrogen) atoms. The van der Waals surface area contributed by atoms with Crippen molar-refractivity contribution in [1.82, 2.24) is 20.6 Å². The zero-order chi connectivity index (χ0) is 15.8. The molecule has 2 heterocycles. The SMILES string of the molecule is CC1[C@@H](OC(=N)C(Cl)(Cl)Cl)OC(c2nn[nH]n2)[C@@H](C)[C@@H]1C. The molecule has 2 N–H and O–H groups in total. The Bertz CT molecular complexity index is 493. The van der Waals surface area contributed by atoms with Crippen LogP contribution in [0.15, 0.2) is 0 Å². The first kappa shape index (κ1) is 16.7. The first-order chi connectivity index (χ1) is 9.71. The highest BCUT2D eigenvalue weighted by atomic mass is 35.6. The van der Waals surface area contributed by atoms with Gasteiger partial charge >= 0.3 is 0 Å². The average Bonchev–Trinajstić information content (AvgIpc) is 2.92. The van der Waals surface area contributed by atoms with E-state index in [4.69, 9.17) is 49.7 Å². The van der Waals surface area contributed by atoms with Gasteiger partial charge in [-0.15, -0.1) is 10.2 Å². The highest BCUT2D eigenvalue weighted by Crippen LogP contribution is 2.42. The molecular weight excluding hydrogens is 341 g/mol. The number of ether oxygens (including phenoxy) is 2. The molecule has 1 saturated heterocycles. The lowest BCUT2D eigenvalue weighted by atomic mass is 9.79. The Morgan fingerprint density at radius 2 is 1.90 bits per heavy atom. The first-order valence-corrected chi connectivity index (χ1v) is 7.56. The van der Waals surface area contributed by atoms with E-state index in [9.17, 15) is 0 Å². The standard InChI is InChI=1S/C11H16Cl3N5O2/c1-4-5(2)7(8-16-18-19-17-8)20-9(6(4)3)21-10(15)11(12,13)14/h4-7,9,15H,1-3H3,(H,16,17,18,19)/t4-,5-,6?,7?,9+/m0/s1. The lowest BCUT2D eigenvalue weighted by Gasteiger charge is -2.42. The summed E-state index contributed by atoms with van der Waals surface area (Å²) < 4.78 is 9.34. The number of aromatic amines is 1. The van der Waals surface area contributed by atoms with Crippen LogP contribution in [0.5, 0.6) is 0 Å². The number of rotatable bonds is 2. The smallest absolute Gasteiger partial charge is 0.265 e. The molecule has 1 aromatic heterocycles. The molecule has 1 aliphatic rings. The van der Waals surface area contributed by atoms with Gasteiger partial charge in [0.2, 0.25) is 18.0 Å².